The summed E-state index contributed by atoms with van der Waals surface area (Å²) in [7, 11) is 2.10. The van der Waals surface area contributed by atoms with Crippen molar-refractivity contribution in [3.63, 3.8) is 0 Å². The molecule has 2 aliphatic heterocycles. The maximum Gasteiger partial charge on any atom is 0.267 e. The molecule has 1 amide bonds. The topological polar surface area (TPSA) is 61.2 Å². The molecule has 2 saturated heterocycles. The van der Waals surface area contributed by atoms with Gasteiger partial charge in [0.25, 0.3) is 11.5 Å². The summed E-state index contributed by atoms with van der Waals surface area (Å²) in [4.78, 5) is 38.7. The summed E-state index contributed by atoms with van der Waals surface area (Å²) in [5, 5.41) is 0. The zero-order valence-electron chi connectivity index (χ0n) is 19.1. The van der Waals surface area contributed by atoms with Crippen molar-refractivity contribution in [3.8, 4) is 0 Å². The first kappa shape index (κ1) is 22.6. The number of pyridine rings is 1. The normalized spacial score (nSPS) is 22.2. The number of nitrogens with zero attached hydrogens (tertiary/aromatic N) is 5. The Kier molecular flexibility index (Phi) is 6.28. The van der Waals surface area contributed by atoms with Crippen molar-refractivity contribution in [1.82, 2.24) is 19.2 Å². The highest BCUT2D eigenvalue weighted by Gasteiger charge is 2.38. The molecule has 0 spiro atoms. The third kappa shape index (κ3) is 4.22. The number of aromatic nitrogens is 2. The van der Waals surface area contributed by atoms with Gasteiger partial charge in [0.05, 0.1) is 10.5 Å². The van der Waals surface area contributed by atoms with Crippen LogP contribution in [0.5, 0.6) is 0 Å². The second-order valence-corrected chi connectivity index (χ2v) is 10.8. The monoisotopic (exact) mass is 483 g/mol. The number of fused-ring (bicyclic) bond motifs is 1. The Hall–Kier alpha value is -2.23. The van der Waals surface area contributed by atoms with E-state index in [0.29, 0.717) is 26.3 Å². The Bertz CT molecular complexity index is 1190. The number of hydrogen-bond acceptors (Lipinski definition) is 7. The first-order chi connectivity index (χ1) is 15.9. The molecule has 1 aliphatic carbocycles. The average molecular weight is 484 g/mol. The summed E-state index contributed by atoms with van der Waals surface area (Å²) in [6.07, 6.45) is 8.94. The van der Waals surface area contributed by atoms with Crippen molar-refractivity contribution in [3.05, 3.63) is 44.7 Å². The number of anilines is 1. The van der Waals surface area contributed by atoms with Gasteiger partial charge in [-0.25, -0.2) is 4.98 Å². The van der Waals surface area contributed by atoms with Gasteiger partial charge >= 0.3 is 0 Å². The van der Waals surface area contributed by atoms with Crippen molar-refractivity contribution in [2.45, 2.75) is 45.1 Å². The summed E-state index contributed by atoms with van der Waals surface area (Å²) in [5.41, 5.74) is 1.91. The molecule has 2 aromatic rings. The van der Waals surface area contributed by atoms with E-state index in [1.54, 1.807) is 21.6 Å². The van der Waals surface area contributed by atoms with Gasteiger partial charge in [-0.3, -0.25) is 18.9 Å². The van der Waals surface area contributed by atoms with Gasteiger partial charge in [-0.05, 0) is 44.5 Å². The van der Waals surface area contributed by atoms with Crippen molar-refractivity contribution >= 4 is 51.7 Å². The Balaban J connectivity index is 1.59. The number of hydrogen-bond donors (Lipinski definition) is 0. The lowest BCUT2D eigenvalue weighted by atomic mass is 9.94. The number of likely N-dealkylation sites (N-methyl/N-ethyl adjacent to an activating group) is 1. The lowest BCUT2D eigenvalue weighted by molar-refractivity contribution is -0.124. The van der Waals surface area contributed by atoms with Crippen molar-refractivity contribution < 1.29 is 4.79 Å². The number of thioether (sulfide) groups is 1. The van der Waals surface area contributed by atoms with Gasteiger partial charge in [0.2, 0.25) is 0 Å². The molecule has 0 atom stereocenters. The second kappa shape index (κ2) is 9.19. The molecule has 3 aliphatic rings. The summed E-state index contributed by atoms with van der Waals surface area (Å²) in [5.74, 6) is 0.584. The smallest absolute Gasteiger partial charge is 0.267 e. The van der Waals surface area contributed by atoms with Crippen LogP contribution in [-0.4, -0.2) is 68.7 Å². The van der Waals surface area contributed by atoms with Crippen LogP contribution in [0.1, 0.15) is 43.2 Å². The van der Waals surface area contributed by atoms with E-state index in [-0.39, 0.29) is 17.5 Å². The van der Waals surface area contributed by atoms with E-state index in [0.717, 1.165) is 57.4 Å². The fourth-order valence-electron chi connectivity index (χ4n) is 4.95. The molecular formula is C24H29N5O2S2. The van der Waals surface area contributed by atoms with E-state index < -0.39 is 0 Å². The molecule has 0 bridgehead atoms. The highest BCUT2D eigenvalue weighted by molar-refractivity contribution is 8.26. The predicted octanol–water partition coefficient (Wildman–Crippen LogP) is 3.29. The molecule has 0 radical (unpaired) electrons. The number of thiocarbonyl (C=S) groups is 1. The Morgan fingerprint density at radius 1 is 1.12 bits per heavy atom. The van der Waals surface area contributed by atoms with Gasteiger partial charge in [0.15, 0.2) is 0 Å². The highest BCUT2D eigenvalue weighted by Crippen LogP contribution is 2.37. The molecule has 0 N–H and O–H groups in total. The van der Waals surface area contributed by atoms with Gasteiger partial charge in [-0.2, -0.15) is 0 Å². The molecule has 2 aromatic heterocycles. The van der Waals surface area contributed by atoms with Crippen molar-refractivity contribution in [1.29, 1.82) is 0 Å². The van der Waals surface area contributed by atoms with E-state index >= 15 is 0 Å². The van der Waals surface area contributed by atoms with Crippen molar-refractivity contribution in [2.24, 2.45) is 0 Å². The van der Waals surface area contributed by atoms with Crippen LogP contribution in [0.4, 0.5) is 5.82 Å². The second-order valence-electron chi connectivity index (χ2n) is 9.17. The summed E-state index contributed by atoms with van der Waals surface area (Å²) in [6, 6.07) is 3.99. The van der Waals surface area contributed by atoms with Crippen molar-refractivity contribution in [2.75, 3.05) is 38.1 Å². The molecule has 174 valence electrons. The molecule has 7 nitrogen and oxygen atoms in total. The molecular weight excluding hydrogens is 454 g/mol. The molecule has 0 aromatic carbocycles. The van der Waals surface area contributed by atoms with Gasteiger partial charge in [-0.1, -0.05) is 49.3 Å². The number of piperazine rings is 1. The van der Waals surface area contributed by atoms with Gasteiger partial charge in [-0.15, -0.1) is 0 Å². The van der Waals surface area contributed by atoms with E-state index in [2.05, 4.69) is 16.8 Å². The number of carbonyl (C=O) groups excluding carboxylic acids is 1. The van der Waals surface area contributed by atoms with E-state index in [4.69, 9.17) is 17.2 Å². The van der Waals surface area contributed by atoms with Crippen LogP contribution in [0.15, 0.2) is 28.0 Å². The minimum Gasteiger partial charge on any atom is -0.353 e. The average Bonchev–Trinajstić information content (AvgIpc) is 3.10. The quantitative estimate of drug-likeness (QED) is 0.490. The van der Waals surface area contributed by atoms with Crippen LogP contribution in [0.2, 0.25) is 0 Å². The van der Waals surface area contributed by atoms with Crippen LogP contribution in [0.25, 0.3) is 11.7 Å². The summed E-state index contributed by atoms with van der Waals surface area (Å²) >= 11 is 6.91. The molecule has 3 fully saturated rings. The Morgan fingerprint density at radius 2 is 1.85 bits per heavy atom. The van der Waals surface area contributed by atoms with Crippen LogP contribution < -0.4 is 10.5 Å². The maximum absolute atomic E-state index is 13.6. The van der Waals surface area contributed by atoms with Gasteiger partial charge in [0, 0.05) is 38.4 Å². The molecule has 5 rings (SSSR count). The molecule has 1 saturated carbocycles. The van der Waals surface area contributed by atoms with E-state index in [1.165, 1.54) is 18.2 Å². The number of rotatable bonds is 3. The summed E-state index contributed by atoms with van der Waals surface area (Å²) in [6.45, 7) is 5.34. The number of carbonyl (C=O) groups is 1. The highest BCUT2D eigenvalue weighted by atomic mass is 32.2. The third-order valence-corrected chi connectivity index (χ3v) is 8.24. The van der Waals surface area contributed by atoms with E-state index in [9.17, 15) is 9.59 Å². The Labute approximate surface area is 203 Å². The SMILES string of the molecule is Cc1cccn2c(=O)c(/C=C3\SC(=S)N(C4CCCCC4)C3=O)c(N3CCN(C)CC3)nc12. The zero-order valence-corrected chi connectivity index (χ0v) is 20.8. The first-order valence-electron chi connectivity index (χ1n) is 11.7. The fraction of sp³-hybridized carbons (Fsp3) is 0.500. The van der Waals surface area contributed by atoms with Crippen LogP contribution in [-0.2, 0) is 4.79 Å². The van der Waals surface area contributed by atoms with E-state index in [1.807, 2.05) is 19.1 Å². The fourth-order valence-corrected chi connectivity index (χ4v) is 6.33. The lowest BCUT2D eigenvalue weighted by Crippen LogP contribution is -2.45. The van der Waals surface area contributed by atoms with Gasteiger partial charge in [0.1, 0.15) is 15.8 Å². The van der Waals surface area contributed by atoms with Crippen LogP contribution in [0, 0.1) is 6.92 Å². The minimum atomic E-state index is -0.152. The standard InChI is InChI=1S/C24H29N5O2S2/c1-16-7-6-10-28-20(16)25-21(27-13-11-26(2)12-14-27)18(22(28)30)15-19-23(31)29(24(32)33-19)17-8-4-3-5-9-17/h6-7,10,15,17H,3-5,8-9,11-14H2,1-2H3/b19-15-. The molecule has 4 heterocycles. The Morgan fingerprint density at radius 3 is 2.58 bits per heavy atom. The lowest BCUT2D eigenvalue weighted by Gasteiger charge is -2.34. The van der Waals surface area contributed by atoms with Crippen LogP contribution >= 0.6 is 24.0 Å². The first-order valence-corrected chi connectivity index (χ1v) is 12.9. The number of aryl methyl sites for hydroxylation is 1. The molecule has 0 unspecified atom stereocenters. The zero-order chi connectivity index (χ0) is 23.1. The maximum atomic E-state index is 13.6. The molecule has 33 heavy (non-hydrogen) atoms. The number of amides is 1. The minimum absolute atomic E-state index is 0.0741. The largest absolute Gasteiger partial charge is 0.353 e. The summed E-state index contributed by atoms with van der Waals surface area (Å²) < 4.78 is 2.19. The van der Waals surface area contributed by atoms with Gasteiger partial charge < -0.3 is 9.80 Å². The van der Waals surface area contributed by atoms with Crippen LogP contribution in [0.3, 0.4) is 0 Å². The molecule has 9 heteroatoms. The third-order valence-electron chi connectivity index (χ3n) is 6.91. The predicted molar refractivity (Wildman–Crippen MR) is 138 cm³/mol.